The van der Waals surface area contributed by atoms with Crippen LogP contribution in [0.3, 0.4) is 0 Å². The van der Waals surface area contributed by atoms with Gasteiger partial charge in [0.15, 0.2) is 0 Å². The van der Waals surface area contributed by atoms with Crippen molar-refractivity contribution in [2.24, 2.45) is 0 Å². The zero-order chi connectivity index (χ0) is 46.2. The van der Waals surface area contributed by atoms with Gasteiger partial charge >= 0.3 is 0 Å². The summed E-state index contributed by atoms with van der Waals surface area (Å²) >= 11 is 0. The summed E-state index contributed by atoms with van der Waals surface area (Å²) in [5.41, 5.74) is 26.9. The molecule has 0 radical (unpaired) electrons. The lowest BCUT2D eigenvalue weighted by Crippen LogP contribution is -2.52. The number of rotatable bonds is 2. The maximum absolute atomic E-state index is 11.6. The average Bonchev–Trinajstić information content (AvgIpc) is 4.17. The van der Waals surface area contributed by atoms with Crippen molar-refractivity contribution in [2.45, 2.75) is 34.5 Å². The van der Waals surface area contributed by atoms with Gasteiger partial charge in [-0.1, -0.05) is 182 Å². The maximum Gasteiger partial charge on any atom is 0.0995 e. The third-order valence-corrected chi connectivity index (χ3v) is 18.7. The zero-order valence-corrected chi connectivity index (χ0v) is 38.2. The Morgan fingerprint density at radius 3 is 1.44 bits per heavy atom. The van der Waals surface area contributed by atoms with Crippen molar-refractivity contribution in [1.82, 2.24) is 4.40 Å². The molecule has 7 aliphatic carbocycles. The van der Waals surface area contributed by atoms with E-state index in [1.165, 1.54) is 122 Å². The molecular weight excluding hydrogens is 859 g/mol. The first-order valence-corrected chi connectivity index (χ1v) is 25.0. The fraction of sp³-hybridized carbons (Fsp3) is 0.0882. The van der Waals surface area contributed by atoms with E-state index in [-0.39, 0.29) is 29.1 Å². The van der Waals surface area contributed by atoms with Crippen LogP contribution in [0.25, 0.3) is 49.2 Å². The van der Waals surface area contributed by atoms with Crippen molar-refractivity contribution in [2.75, 3.05) is 0 Å². The van der Waals surface area contributed by atoms with Crippen molar-refractivity contribution in [3.05, 3.63) is 300 Å². The first-order chi connectivity index (χ1) is 35.2. The second kappa shape index (κ2) is 12.2. The Balaban J connectivity index is 1.11. The van der Waals surface area contributed by atoms with Crippen LogP contribution in [-0.4, -0.2) is 4.40 Å². The van der Waals surface area contributed by atoms with E-state index in [0.717, 1.165) is 27.7 Å². The molecule has 19 rings (SSSR count). The van der Waals surface area contributed by atoms with E-state index in [2.05, 4.69) is 217 Å². The molecule has 2 aromatic heterocycles. The van der Waals surface area contributed by atoms with Crippen molar-refractivity contribution < 1.29 is 0 Å². The van der Waals surface area contributed by atoms with Gasteiger partial charge in [0, 0.05) is 50.6 Å². The summed E-state index contributed by atoms with van der Waals surface area (Å²) in [6.45, 7) is 0. The summed E-state index contributed by atoms with van der Waals surface area (Å²) in [6, 6.07) is 80.3. The summed E-state index contributed by atoms with van der Waals surface area (Å²) in [7, 11) is 0. The Morgan fingerprint density at radius 1 is 0.394 bits per heavy atom. The molecule has 0 N–H and O–H groups in total. The van der Waals surface area contributed by atoms with E-state index >= 15 is 0 Å². The molecule has 1 spiro atoms. The normalized spacial score (nSPS) is 21.1. The van der Waals surface area contributed by atoms with Gasteiger partial charge in [0.1, 0.15) is 0 Å². The van der Waals surface area contributed by atoms with Crippen molar-refractivity contribution in [3.8, 4) is 23.3 Å². The minimum Gasteiger partial charge on any atom is -0.308 e. The number of nitriles is 2. The lowest BCUT2D eigenvalue weighted by atomic mass is 9.43. The Labute approximate surface area is 409 Å². The highest BCUT2D eigenvalue weighted by Crippen LogP contribution is 2.79. The molecule has 10 aromatic carbocycles. The summed E-state index contributed by atoms with van der Waals surface area (Å²) < 4.78 is 2.52. The molecule has 324 valence electrons. The largest absolute Gasteiger partial charge is 0.308 e. The number of hydrogen-bond donors (Lipinski definition) is 0. The van der Waals surface area contributed by atoms with E-state index in [1.54, 1.807) is 0 Å². The predicted molar refractivity (Wildman–Crippen MR) is 280 cm³/mol. The van der Waals surface area contributed by atoms with E-state index < -0.39 is 5.41 Å². The van der Waals surface area contributed by atoms with Gasteiger partial charge in [-0.2, -0.15) is 10.5 Å². The van der Waals surface area contributed by atoms with E-state index in [1.807, 2.05) is 0 Å². The van der Waals surface area contributed by atoms with Crippen LogP contribution in [0.15, 0.2) is 200 Å². The van der Waals surface area contributed by atoms with Gasteiger partial charge in [-0.15, -0.1) is 0 Å². The minimum atomic E-state index is -0.689. The lowest BCUT2D eigenvalue weighted by Gasteiger charge is -2.58. The third-order valence-electron chi connectivity index (χ3n) is 18.7. The minimum absolute atomic E-state index is 0.0528. The average molecular weight is 896 g/mol. The molecule has 0 aliphatic heterocycles. The van der Waals surface area contributed by atoms with Gasteiger partial charge in [0.05, 0.1) is 45.2 Å². The maximum atomic E-state index is 11.6. The van der Waals surface area contributed by atoms with Crippen molar-refractivity contribution in [1.29, 1.82) is 10.5 Å². The first kappa shape index (κ1) is 36.9. The molecule has 71 heavy (non-hydrogen) atoms. The summed E-state index contributed by atoms with van der Waals surface area (Å²) in [6.07, 6.45) is 0. The van der Waals surface area contributed by atoms with Gasteiger partial charge in [0.2, 0.25) is 0 Å². The molecule has 12 aromatic rings. The van der Waals surface area contributed by atoms with Crippen LogP contribution < -0.4 is 0 Å². The third kappa shape index (κ3) is 3.75. The molecule has 3 nitrogen and oxygen atoms in total. The predicted octanol–water partition coefficient (Wildman–Crippen LogP) is 14.8. The molecule has 0 saturated carbocycles. The molecule has 0 amide bonds. The van der Waals surface area contributed by atoms with Crippen LogP contribution >= 0.6 is 0 Å². The fourth-order valence-electron chi connectivity index (χ4n) is 16.7. The van der Waals surface area contributed by atoms with Gasteiger partial charge in [-0.3, -0.25) is 0 Å². The topological polar surface area (TPSA) is 52.0 Å². The van der Waals surface area contributed by atoms with Gasteiger partial charge in [-0.05, 0) is 118 Å². The van der Waals surface area contributed by atoms with Crippen LogP contribution in [0.4, 0.5) is 0 Å². The van der Waals surface area contributed by atoms with Crippen molar-refractivity contribution >= 4 is 38.1 Å². The van der Waals surface area contributed by atoms with Crippen LogP contribution in [-0.2, 0) is 10.8 Å². The summed E-state index contributed by atoms with van der Waals surface area (Å²) in [5.74, 6) is 0.0165. The summed E-state index contributed by atoms with van der Waals surface area (Å²) in [4.78, 5) is 0. The van der Waals surface area contributed by atoms with Crippen molar-refractivity contribution in [3.63, 3.8) is 0 Å². The SMILES string of the molecule is N#Cc1cc2c(c3c1C1c4ccccc4C3c3ccccc31)c1cc3c(c4c5c6c(c(C#N)cc5n2c14)C1c2ccccc2C12c1ccccc1C62)C(c1ccccc1)(c1ccccc1)c1ccccc1-3. The van der Waals surface area contributed by atoms with E-state index in [9.17, 15) is 10.5 Å². The second-order valence-electron chi connectivity index (χ2n) is 21.0. The van der Waals surface area contributed by atoms with E-state index in [4.69, 9.17) is 0 Å². The highest BCUT2D eigenvalue weighted by molar-refractivity contribution is 6.29. The number of nitrogens with zero attached hydrogens (tertiary/aromatic N) is 3. The Bertz CT molecular complexity index is 4490. The standard InChI is InChI=1S/C68H37N3/c69-34-36-31-52-58(60-54(36)56-41-22-7-9-24-43(41)57(60)44-25-10-8-23-42(44)56)48-33-47-40-21-11-14-28-49(40)67(38-17-3-1-4-18-38,39-19-5-2-6-20-39)65(47)62-59-53(71(52)66(48)62)32-37(35-70)55-61(59)64-46-27-13-16-30-51(46)68(64)50-29-15-12-26-45(50)63(55)68/h1-33,56-57,63-64H. The van der Waals surface area contributed by atoms with Gasteiger partial charge in [0.25, 0.3) is 0 Å². The molecular formula is C68H37N3. The quantitative estimate of drug-likeness (QED) is 0.174. The monoisotopic (exact) mass is 895 g/mol. The van der Waals surface area contributed by atoms with E-state index in [0.29, 0.717) is 0 Å². The molecule has 3 atom stereocenters. The lowest BCUT2D eigenvalue weighted by molar-refractivity contribution is 0.333. The molecule has 7 aliphatic rings. The zero-order valence-electron chi connectivity index (χ0n) is 38.2. The molecule has 0 fully saturated rings. The smallest absolute Gasteiger partial charge is 0.0995 e. The molecule has 2 bridgehead atoms. The van der Waals surface area contributed by atoms with Crippen LogP contribution in [0.5, 0.6) is 0 Å². The number of fused-ring (bicyclic) bond motifs is 18. The highest BCUT2D eigenvalue weighted by Gasteiger charge is 2.70. The summed E-state index contributed by atoms with van der Waals surface area (Å²) in [5, 5.41) is 28.1. The Morgan fingerprint density at radius 2 is 0.859 bits per heavy atom. The van der Waals surface area contributed by atoms with Gasteiger partial charge < -0.3 is 4.40 Å². The molecule has 0 saturated heterocycles. The van der Waals surface area contributed by atoms with Crippen LogP contribution in [0, 0.1) is 22.7 Å². The van der Waals surface area contributed by atoms with Crippen LogP contribution in [0.2, 0.25) is 0 Å². The number of benzene rings is 10. The molecule has 3 heteroatoms. The van der Waals surface area contributed by atoms with Crippen LogP contribution in [0.1, 0.15) is 124 Å². The first-order valence-electron chi connectivity index (χ1n) is 25.0. The van der Waals surface area contributed by atoms with Gasteiger partial charge in [-0.25, -0.2) is 0 Å². The highest BCUT2D eigenvalue weighted by atomic mass is 14.9. The Hall–Kier alpha value is -9.02. The number of aromatic nitrogens is 1. The Kier molecular flexibility index (Phi) is 6.36. The number of hydrogen-bond acceptors (Lipinski definition) is 2. The fourth-order valence-corrected chi connectivity index (χ4v) is 16.7. The molecule has 2 heterocycles. The molecule has 3 unspecified atom stereocenters. The second-order valence-corrected chi connectivity index (χ2v) is 21.0.